The molecule has 3 heterocycles. The summed E-state index contributed by atoms with van der Waals surface area (Å²) < 4.78 is 0. The molecule has 0 unspecified atom stereocenters. The summed E-state index contributed by atoms with van der Waals surface area (Å²) in [5, 5.41) is 6.42. The first-order valence-electron chi connectivity index (χ1n) is 10.7. The molecule has 1 spiro atoms. The van der Waals surface area contributed by atoms with E-state index < -0.39 is 17.4 Å². The number of imide groups is 1. The van der Waals surface area contributed by atoms with Crippen LogP contribution in [-0.4, -0.2) is 35.2 Å². The minimum atomic E-state index is -1.20. The summed E-state index contributed by atoms with van der Waals surface area (Å²) in [6.45, 7) is 2.45. The average molecular weight is 403 g/mol. The minimum Gasteiger partial charge on any atom is -0.324 e. The molecule has 3 amide bonds. The zero-order valence-electron chi connectivity index (χ0n) is 16.9. The summed E-state index contributed by atoms with van der Waals surface area (Å²) >= 11 is 0. The van der Waals surface area contributed by atoms with E-state index in [0.717, 1.165) is 24.0 Å². The topological polar surface area (TPSA) is 78.5 Å². The summed E-state index contributed by atoms with van der Waals surface area (Å²) in [4.78, 5) is 41.6. The first-order valence-corrected chi connectivity index (χ1v) is 10.7. The van der Waals surface area contributed by atoms with Gasteiger partial charge in [-0.1, -0.05) is 61.9 Å². The Labute approximate surface area is 175 Å². The van der Waals surface area contributed by atoms with E-state index in [4.69, 9.17) is 0 Å². The summed E-state index contributed by atoms with van der Waals surface area (Å²) in [5.41, 5.74) is 1.35. The third kappa shape index (κ3) is 2.56. The molecular weight excluding hydrogens is 378 g/mol. The molecule has 6 nitrogen and oxygen atoms in total. The number of benzene rings is 2. The second kappa shape index (κ2) is 7.06. The lowest BCUT2D eigenvalue weighted by Crippen LogP contribution is -2.53. The van der Waals surface area contributed by atoms with Crippen molar-refractivity contribution in [1.82, 2.24) is 10.2 Å². The molecule has 3 aliphatic heterocycles. The lowest BCUT2D eigenvalue weighted by molar-refractivity contribution is -0.142. The van der Waals surface area contributed by atoms with E-state index in [1.54, 1.807) is 0 Å². The molecular formula is C24H25N3O3. The summed E-state index contributed by atoms with van der Waals surface area (Å²) in [5.74, 6) is -1.90. The standard InChI is InChI=1S/C24H25N3O3/c1-2-3-13-27-21(28)19-18(14-15-9-5-4-6-10-15)26-24(20(19)22(27)29)16-11-7-8-12-17(16)25-23(24)30/h4-12,18-20,26H,2-3,13-14H2,1H3,(H,25,30)/t18-,19+,20-,24+/m0/s1. The molecule has 2 aromatic rings. The Kier molecular flexibility index (Phi) is 4.47. The molecule has 30 heavy (non-hydrogen) atoms. The number of likely N-dealkylation sites (tertiary alicyclic amines) is 1. The molecule has 2 saturated heterocycles. The van der Waals surface area contributed by atoms with Crippen LogP contribution in [0.25, 0.3) is 0 Å². The quantitative estimate of drug-likeness (QED) is 0.752. The number of carbonyl (C=O) groups excluding carboxylic acids is 3. The molecule has 4 atom stereocenters. The van der Waals surface area contributed by atoms with Gasteiger partial charge < -0.3 is 5.32 Å². The van der Waals surface area contributed by atoms with E-state index in [1.807, 2.05) is 61.5 Å². The zero-order chi connectivity index (χ0) is 20.9. The zero-order valence-corrected chi connectivity index (χ0v) is 16.9. The van der Waals surface area contributed by atoms with Crippen LogP contribution in [0.1, 0.15) is 30.9 Å². The van der Waals surface area contributed by atoms with Gasteiger partial charge in [0.1, 0.15) is 5.54 Å². The second-order valence-corrected chi connectivity index (χ2v) is 8.43. The Balaban J connectivity index is 1.60. The van der Waals surface area contributed by atoms with Gasteiger partial charge in [-0.05, 0) is 24.5 Å². The number of rotatable bonds is 5. The highest BCUT2D eigenvalue weighted by Gasteiger charge is 2.70. The SMILES string of the molecule is CCCCN1C(=O)[C@@H]2[C@H](Cc3ccccc3)N[C@@]3(C(=O)Nc4ccccc43)[C@@H]2C1=O. The van der Waals surface area contributed by atoms with Crippen molar-refractivity contribution in [2.45, 2.75) is 37.8 Å². The third-order valence-electron chi connectivity index (χ3n) is 6.75. The Hall–Kier alpha value is -2.99. The van der Waals surface area contributed by atoms with Crippen LogP contribution in [0, 0.1) is 11.8 Å². The molecule has 0 bridgehead atoms. The number of hydrogen-bond donors (Lipinski definition) is 2. The highest BCUT2D eigenvalue weighted by atomic mass is 16.2. The Morgan fingerprint density at radius 2 is 1.70 bits per heavy atom. The van der Waals surface area contributed by atoms with Crippen LogP contribution in [0.5, 0.6) is 0 Å². The summed E-state index contributed by atoms with van der Waals surface area (Å²) in [6.07, 6.45) is 2.25. The summed E-state index contributed by atoms with van der Waals surface area (Å²) in [6, 6.07) is 17.1. The van der Waals surface area contributed by atoms with E-state index >= 15 is 0 Å². The molecule has 2 aromatic carbocycles. The maximum absolute atomic E-state index is 13.5. The molecule has 0 saturated carbocycles. The van der Waals surface area contributed by atoms with Gasteiger partial charge in [-0.25, -0.2) is 0 Å². The van der Waals surface area contributed by atoms with Gasteiger partial charge in [0.05, 0.1) is 11.8 Å². The maximum Gasteiger partial charge on any atom is 0.250 e. The Morgan fingerprint density at radius 3 is 2.47 bits per heavy atom. The fourth-order valence-corrected chi connectivity index (χ4v) is 5.40. The van der Waals surface area contributed by atoms with Gasteiger partial charge >= 0.3 is 0 Å². The molecule has 3 aliphatic rings. The van der Waals surface area contributed by atoms with Crippen LogP contribution >= 0.6 is 0 Å². The average Bonchev–Trinajstić information content (AvgIpc) is 3.33. The molecule has 154 valence electrons. The first kappa shape index (κ1) is 19.0. The number of fused-ring (bicyclic) bond motifs is 4. The maximum atomic E-state index is 13.5. The van der Waals surface area contributed by atoms with Crippen LogP contribution < -0.4 is 10.6 Å². The molecule has 0 aliphatic carbocycles. The Bertz CT molecular complexity index is 1020. The molecule has 2 fully saturated rings. The van der Waals surface area contributed by atoms with Gasteiger partial charge in [-0.3, -0.25) is 24.6 Å². The molecule has 0 aromatic heterocycles. The number of para-hydroxylation sites is 1. The number of hydrogen-bond acceptors (Lipinski definition) is 4. The van der Waals surface area contributed by atoms with Crippen molar-refractivity contribution >= 4 is 23.4 Å². The van der Waals surface area contributed by atoms with Crippen LogP contribution in [0.4, 0.5) is 5.69 Å². The normalized spacial score (nSPS) is 29.4. The van der Waals surface area contributed by atoms with Crippen molar-refractivity contribution in [3.05, 3.63) is 65.7 Å². The van der Waals surface area contributed by atoms with Crippen LogP contribution in [-0.2, 0) is 26.3 Å². The fourth-order valence-electron chi connectivity index (χ4n) is 5.40. The highest BCUT2D eigenvalue weighted by molar-refractivity contribution is 6.15. The van der Waals surface area contributed by atoms with E-state index in [2.05, 4.69) is 10.6 Å². The van der Waals surface area contributed by atoms with Gasteiger partial charge in [0.2, 0.25) is 17.7 Å². The van der Waals surface area contributed by atoms with E-state index in [-0.39, 0.29) is 23.8 Å². The van der Waals surface area contributed by atoms with E-state index in [9.17, 15) is 14.4 Å². The molecule has 6 heteroatoms. The first-order chi connectivity index (χ1) is 14.6. The highest BCUT2D eigenvalue weighted by Crippen LogP contribution is 2.53. The largest absolute Gasteiger partial charge is 0.324 e. The minimum absolute atomic E-state index is 0.152. The molecule has 5 rings (SSSR count). The van der Waals surface area contributed by atoms with E-state index in [0.29, 0.717) is 18.7 Å². The predicted octanol–water partition coefficient (Wildman–Crippen LogP) is 2.45. The van der Waals surface area contributed by atoms with Crippen molar-refractivity contribution < 1.29 is 14.4 Å². The van der Waals surface area contributed by atoms with Gasteiger partial charge in [0.25, 0.3) is 0 Å². The van der Waals surface area contributed by atoms with Crippen molar-refractivity contribution in [1.29, 1.82) is 0 Å². The number of nitrogens with one attached hydrogen (secondary N) is 2. The fraction of sp³-hybridized carbons (Fsp3) is 0.375. The number of carbonyl (C=O) groups is 3. The van der Waals surface area contributed by atoms with Gasteiger partial charge in [-0.2, -0.15) is 0 Å². The van der Waals surface area contributed by atoms with Crippen molar-refractivity contribution in [3.8, 4) is 0 Å². The van der Waals surface area contributed by atoms with E-state index in [1.165, 1.54) is 4.90 Å². The monoisotopic (exact) mass is 403 g/mol. The smallest absolute Gasteiger partial charge is 0.250 e. The molecule has 0 radical (unpaired) electrons. The number of nitrogens with zero attached hydrogens (tertiary/aromatic N) is 1. The lowest BCUT2D eigenvalue weighted by atomic mass is 9.76. The van der Waals surface area contributed by atoms with Crippen LogP contribution in [0.3, 0.4) is 0 Å². The lowest BCUT2D eigenvalue weighted by Gasteiger charge is -2.29. The van der Waals surface area contributed by atoms with Crippen molar-refractivity contribution in [2.75, 3.05) is 11.9 Å². The summed E-state index contributed by atoms with van der Waals surface area (Å²) in [7, 11) is 0. The molecule has 2 N–H and O–H groups in total. The van der Waals surface area contributed by atoms with Crippen molar-refractivity contribution in [3.63, 3.8) is 0 Å². The number of anilines is 1. The third-order valence-corrected chi connectivity index (χ3v) is 6.75. The Morgan fingerprint density at radius 1 is 0.967 bits per heavy atom. The number of unbranched alkanes of at least 4 members (excludes halogenated alkanes) is 1. The van der Waals surface area contributed by atoms with Crippen LogP contribution in [0.2, 0.25) is 0 Å². The predicted molar refractivity (Wildman–Crippen MR) is 112 cm³/mol. The second-order valence-electron chi connectivity index (χ2n) is 8.43. The van der Waals surface area contributed by atoms with Gasteiger partial charge in [0, 0.05) is 23.8 Å². The van der Waals surface area contributed by atoms with Gasteiger partial charge in [-0.15, -0.1) is 0 Å². The van der Waals surface area contributed by atoms with Gasteiger partial charge in [0.15, 0.2) is 0 Å². The van der Waals surface area contributed by atoms with Crippen molar-refractivity contribution in [2.24, 2.45) is 11.8 Å². The van der Waals surface area contributed by atoms with Crippen LogP contribution in [0.15, 0.2) is 54.6 Å². The number of amides is 3.